The molecule has 0 aliphatic carbocycles. The number of aliphatic imine (C=N–C) groups is 3. The number of nitrogens with one attached hydrogen (secondary N) is 3. The van der Waals surface area contributed by atoms with Crippen molar-refractivity contribution >= 4 is 77.2 Å². The van der Waals surface area contributed by atoms with E-state index >= 15 is 0 Å². The van der Waals surface area contributed by atoms with Gasteiger partial charge in [-0.3, -0.25) is 29.6 Å². The molecular formula is C54H88B3F6N17O16S2. The van der Waals surface area contributed by atoms with Gasteiger partial charge in [0.15, 0.2) is 23.6 Å². The Morgan fingerprint density at radius 3 is 1.42 bits per heavy atom. The number of alkyl halides is 6. The first-order chi connectivity index (χ1) is 43.2. The molecule has 0 spiro atoms. The summed E-state index contributed by atoms with van der Waals surface area (Å²) in [5.41, 5.74) is 22.9. The average molecular weight is 1440 g/mol. The summed E-state index contributed by atoms with van der Waals surface area (Å²) in [6.45, 7) is 21.2. The predicted octanol–water partition coefficient (Wildman–Crippen LogP) is 3.85. The van der Waals surface area contributed by atoms with Crippen LogP contribution in [0.15, 0.2) is 49.6 Å². The van der Waals surface area contributed by atoms with E-state index in [4.69, 9.17) is 67.2 Å². The molecule has 4 aromatic rings. The third-order valence-electron chi connectivity index (χ3n) is 12.0. The number of carbonyl (C=O) groups excluding carboxylic acids is 1. The van der Waals surface area contributed by atoms with Crippen molar-refractivity contribution in [1.29, 1.82) is 0 Å². The van der Waals surface area contributed by atoms with Gasteiger partial charge in [0.25, 0.3) is 5.91 Å². The van der Waals surface area contributed by atoms with Crippen molar-refractivity contribution in [2.24, 2.45) is 53.5 Å². The summed E-state index contributed by atoms with van der Waals surface area (Å²) >= 11 is 0. The zero-order valence-electron chi connectivity index (χ0n) is 52.8. The standard InChI is InChI=1S/C14H20BF3N4O5S.C12H18N4O2.C11H14N2O3.C9H14N4O2.C4H6B2F3N3O4S.4CH4/c1-8-11-10(7-26-13(2,3)27-11)9(5-19-8)6-20-12(21-15(4)23)22-28(24,25)14(16,17)18;1-7-10-9(6-17-12(2,3)18-10)8(4-15-7)5-16-11(13)14;1-6-9-8(5-15-11(2,3)16-9)7(4-13-6)10(12)14;1-5-8(15)7(4-14)6(2-12-5)3-13-9(10)11;1-6(14)11-3(10-2-5-13)12-17(15,16)4(7,8)9;;;;/h5,23H,6-7H2,1-4H3,(H2,20,21,22);4H,5-6H2,1-3H3,(H4,13,14,16);4H,5H2,1-3H3,(H2,12,14);2,14-15H,3-4H2,1H3,(H4,10,11,13);2,14H,1H3,(H,11,12);4*1H4. The van der Waals surface area contributed by atoms with Crippen LogP contribution in [0.4, 0.5) is 26.3 Å². The van der Waals surface area contributed by atoms with E-state index in [1.54, 1.807) is 33.9 Å². The minimum Gasteiger partial charge on any atom is -0.506 e. The molecule has 98 heavy (non-hydrogen) atoms. The Balaban J connectivity index is 0. The van der Waals surface area contributed by atoms with Gasteiger partial charge in [0.05, 0.1) is 67.9 Å². The maximum absolute atomic E-state index is 12.6. The molecule has 0 saturated heterocycles. The molecule has 0 fully saturated rings. The number of hydrogen-bond acceptors (Lipinski definition) is 24. The maximum Gasteiger partial charge on any atom is 0.516 e. The number of aromatic nitrogens is 4. The molecule has 7 rings (SSSR count). The topological polar surface area (TPSA) is 518 Å². The summed E-state index contributed by atoms with van der Waals surface area (Å²) in [7, 11) is -14.2. The molecule has 3 aliphatic heterocycles. The minimum atomic E-state index is -5.71. The van der Waals surface area contributed by atoms with Crippen molar-refractivity contribution in [2.75, 3.05) is 0 Å². The normalized spacial score (nSPS) is 14.6. The Kier molecular flexibility index (Phi) is 35.5. The Bertz CT molecular complexity index is 3750. The number of pyridine rings is 4. The van der Waals surface area contributed by atoms with E-state index in [0.29, 0.717) is 82.1 Å². The van der Waals surface area contributed by atoms with Gasteiger partial charge in [0.1, 0.15) is 17.2 Å². The number of aromatic hydroxyl groups is 1. The van der Waals surface area contributed by atoms with Crippen LogP contribution in [0.5, 0.6) is 23.0 Å². The number of carbonyl (C=O) groups is 1. The summed E-state index contributed by atoms with van der Waals surface area (Å²) in [4.78, 5) is 45.0. The third-order valence-corrected chi connectivity index (χ3v) is 14.1. The second-order valence-electron chi connectivity index (χ2n) is 21.1. The fraction of sp³-hybridized carbons (Fsp3) is 0.519. The Morgan fingerprint density at radius 2 is 1.01 bits per heavy atom. The smallest absolute Gasteiger partial charge is 0.506 e. The Hall–Kier alpha value is -8.55. The van der Waals surface area contributed by atoms with E-state index in [2.05, 4.69) is 50.0 Å². The van der Waals surface area contributed by atoms with Gasteiger partial charge in [-0.2, -0.15) is 21.6 Å². The minimum absolute atomic E-state index is 0. The summed E-state index contributed by atoms with van der Waals surface area (Å²) < 4.78 is 164. The zero-order valence-corrected chi connectivity index (χ0v) is 54.4. The molecule has 0 unspecified atom stereocenters. The van der Waals surface area contributed by atoms with Gasteiger partial charge in [-0.05, 0) is 40.1 Å². The van der Waals surface area contributed by atoms with Crippen molar-refractivity contribution < 1.29 is 101 Å². The second-order valence-corrected chi connectivity index (χ2v) is 24.4. The van der Waals surface area contributed by atoms with Crippen LogP contribution in [0.3, 0.4) is 0 Å². The SMILES string of the molecule is C.C.C.C.CB(O)N=C(N=CB=O)NS(=O)(=O)C(F)(F)F.CB(O)N=C(NCc1cnc(C)c2c1COC(C)(C)O2)NS(=O)(=O)C(F)(F)F.Cc1ncc(C(N)=O)c2c1OC(C)(C)OC2.Cc1ncc(CN=C(N)N)c(CO)c1O.Cc1ncc(CN=C(N)N)c2c1OC(C)(C)OC2. The van der Waals surface area contributed by atoms with Crippen molar-refractivity contribution in [3.63, 3.8) is 0 Å². The summed E-state index contributed by atoms with van der Waals surface area (Å²) in [6.07, 6.45) is 6.69. The third kappa shape index (κ3) is 27.8. The van der Waals surface area contributed by atoms with Crippen LogP contribution in [0.1, 0.15) is 143 Å². The molecule has 548 valence electrons. The van der Waals surface area contributed by atoms with Crippen LogP contribution in [-0.4, -0.2) is 143 Å². The van der Waals surface area contributed by atoms with Crippen molar-refractivity contribution in [2.45, 2.75) is 187 Å². The number of primary amides is 1. The first-order valence-electron chi connectivity index (χ1n) is 27.2. The van der Waals surface area contributed by atoms with Crippen LogP contribution >= 0.6 is 0 Å². The van der Waals surface area contributed by atoms with E-state index in [-0.39, 0.29) is 80.8 Å². The molecule has 4 aromatic heterocycles. The largest absolute Gasteiger partial charge is 0.516 e. The van der Waals surface area contributed by atoms with Crippen molar-refractivity contribution in [3.8, 4) is 23.0 Å². The Morgan fingerprint density at radius 1 is 0.633 bits per heavy atom. The van der Waals surface area contributed by atoms with Crippen LogP contribution < -0.4 is 57.6 Å². The molecule has 0 aromatic carbocycles. The van der Waals surface area contributed by atoms with E-state index in [1.807, 2.05) is 41.5 Å². The summed E-state index contributed by atoms with van der Waals surface area (Å²) in [5.74, 6) is -2.67. The number of guanidine groups is 4. The molecule has 33 nitrogen and oxygen atoms in total. The van der Waals surface area contributed by atoms with Gasteiger partial charge in [0, 0.05) is 106 Å². The molecule has 0 atom stereocenters. The number of fused-ring (bicyclic) bond motifs is 3. The van der Waals surface area contributed by atoms with Gasteiger partial charge in [-0.1, -0.05) is 29.7 Å². The van der Waals surface area contributed by atoms with Gasteiger partial charge in [-0.15, -0.1) is 0 Å². The van der Waals surface area contributed by atoms with Crippen molar-refractivity contribution in [3.05, 3.63) is 92.1 Å². The van der Waals surface area contributed by atoms with Crippen LogP contribution in [0, 0.1) is 27.7 Å². The molecular weight excluding hydrogens is 1350 g/mol. The molecule has 7 heterocycles. The molecule has 0 bridgehead atoms. The number of amides is 1. The predicted molar refractivity (Wildman–Crippen MR) is 357 cm³/mol. The van der Waals surface area contributed by atoms with Gasteiger partial charge >= 0.3 is 117 Å². The number of hydrogen-bond donors (Lipinski definition) is 12. The van der Waals surface area contributed by atoms with E-state index < -0.39 is 80.4 Å². The van der Waals surface area contributed by atoms with Gasteiger partial charge in [0.2, 0.25) is 17.4 Å². The summed E-state index contributed by atoms with van der Waals surface area (Å²) in [6, 6.07) is 0. The van der Waals surface area contributed by atoms with Crippen LogP contribution in [-0.2, 0) is 85.0 Å². The number of rotatable bonds is 13. The number of sulfonamides is 2. The molecule has 3 aliphatic rings. The second kappa shape index (κ2) is 38.0. The fourth-order valence-electron chi connectivity index (χ4n) is 7.47. The molecule has 17 N–H and O–H groups in total. The van der Waals surface area contributed by atoms with Crippen LogP contribution in [0.2, 0.25) is 13.6 Å². The maximum atomic E-state index is 12.6. The number of halogens is 6. The fourth-order valence-corrected chi connectivity index (χ4v) is 8.43. The number of ether oxygens (including phenoxy) is 6. The molecule has 1 amide bonds. The molecule has 0 saturated carbocycles. The number of aliphatic hydroxyl groups is 1. The zero-order chi connectivity index (χ0) is 71.7. The number of nitrogens with two attached hydrogens (primary N) is 5. The molecule has 0 radical (unpaired) electrons. The number of nitrogens with zero attached hydrogens (tertiary/aromatic N) is 9. The van der Waals surface area contributed by atoms with Crippen molar-refractivity contribution in [1.82, 2.24) is 34.7 Å². The van der Waals surface area contributed by atoms with E-state index in [0.717, 1.165) is 46.6 Å². The van der Waals surface area contributed by atoms with E-state index in [9.17, 15) is 62.8 Å². The van der Waals surface area contributed by atoms with Gasteiger partial charge in [-0.25, -0.2) is 14.7 Å². The first kappa shape index (κ1) is 91.5. The average Bonchev–Trinajstić information content (AvgIpc) is 0.791. The number of aryl methyl sites for hydroxylation is 4. The van der Waals surface area contributed by atoms with Gasteiger partial charge < -0.3 is 77.6 Å². The van der Waals surface area contributed by atoms with E-state index in [1.165, 1.54) is 23.3 Å². The quantitative estimate of drug-likeness (QED) is 0.0391. The Labute approximate surface area is 566 Å². The monoisotopic (exact) mass is 1440 g/mol. The molecule has 44 heteroatoms. The van der Waals surface area contributed by atoms with Crippen LogP contribution in [0.25, 0.3) is 0 Å². The first-order valence-corrected chi connectivity index (χ1v) is 30.1. The number of aliphatic hydroxyl groups excluding tert-OH is 1. The summed E-state index contributed by atoms with van der Waals surface area (Å²) in [5, 5.41) is 39.2.